The Kier molecular flexibility index (Phi) is 1.65. The lowest BCUT2D eigenvalue weighted by atomic mass is 10.1. The van der Waals surface area contributed by atoms with Crippen LogP contribution in [-0.4, -0.2) is 19.1 Å². The van der Waals surface area contributed by atoms with Crippen molar-refractivity contribution in [2.45, 2.75) is 31.7 Å². The van der Waals surface area contributed by atoms with E-state index in [1.807, 2.05) is 0 Å². The van der Waals surface area contributed by atoms with Crippen molar-refractivity contribution in [3.05, 3.63) is 0 Å². The highest BCUT2D eigenvalue weighted by Gasteiger charge is 2.64. The Morgan fingerprint density at radius 3 is 2.83 bits per heavy atom. The molecule has 0 aliphatic heterocycles. The van der Waals surface area contributed by atoms with Crippen molar-refractivity contribution in [2.75, 3.05) is 7.11 Å². The van der Waals surface area contributed by atoms with Crippen molar-refractivity contribution < 1.29 is 9.53 Å². The highest BCUT2D eigenvalue weighted by Crippen LogP contribution is 2.71. The average Bonchev–Trinajstić information content (AvgIpc) is 2.93. The molecule has 0 bridgehead atoms. The number of carbonyl (C=O) groups is 1. The lowest BCUT2D eigenvalue weighted by Crippen LogP contribution is -2.27. The van der Waals surface area contributed by atoms with Gasteiger partial charge in [0.1, 0.15) is 0 Å². The summed E-state index contributed by atoms with van der Waals surface area (Å²) in [4.78, 5) is 10.9. The standard InChI is InChI=1S/C9H15NO2/c1-12-8(11)4-7(10)6-5-9(6)2-3-9/h6-7H,2-5,10H2,1H3/t6?,7-/m0/s1. The van der Waals surface area contributed by atoms with Crippen LogP contribution >= 0.6 is 0 Å². The van der Waals surface area contributed by atoms with Gasteiger partial charge in [-0.25, -0.2) is 0 Å². The molecule has 1 spiro atoms. The number of carbonyl (C=O) groups excluding carboxylic acids is 1. The molecule has 0 heterocycles. The minimum atomic E-state index is -0.176. The maximum atomic E-state index is 10.9. The van der Waals surface area contributed by atoms with Gasteiger partial charge >= 0.3 is 5.97 Å². The number of rotatable bonds is 3. The van der Waals surface area contributed by atoms with Crippen LogP contribution in [0.1, 0.15) is 25.7 Å². The maximum absolute atomic E-state index is 10.9. The Bertz CT molecular complexity index is 211. The van der Waals surface area contributed by atoms with Crippen LogP contribution in [0, 0.1) is 11.3 Å². The zero-order chi connectivity index (χ0) is 8.77. The molecule has 0 radical (unpaired) electrons. The lowest BCUT2D eigenvalue weighted by molar-refractivity contribution is -0.141. The molecule has 3 nitrogen and oxygen atoms in total. The van der Waals surface area contributed by atoms with Crippen molar-refractivity contribution in [2.24, 2.45) is 17.1 Å². The van der Waals surface area contributed by atoms with E-state index in [0.717, 1.165) is 0 Å². The molecule has 0 aromatic rings. The highest BCUT2D eigenvalue weighted by molar-refractivity contribution is 5.70. The summed E-state index contributed by atoms with van der Waals surface area (Å²) in [7, 11) is 1.41. The van der Waals surface area contributed by atoms with E-state index in [9.17, 15) is 4.79 Å². The zero-order valence-electron chi connectivity index (χ0n) is 7.38. The van der Waals surface area contributed by atoms with Crippen molar-refractivity contribution in [1.82, 2.24) is 0 Å². The van der Waals surface area contributed by atoms with E-state index in [1.54, 1.807) is 0 Å². The first-order valence-corrected chi connectivity index (χ1v) is 4.50. The van der Waals surface area contributed by atoms with Crippen LogP contribution in [-0.2, 0) is 9.53 Å². The van der Waals surface area contributed by atoms with E-state index in [-0.39, 0.29) is 12.0 Å². The van der Waals surface area contributed by atoms with Gasteiger partial charge in [0, 0.05) is 6.04 Å². The molecule has 12 heavy (non-hydrogen) atoms. The van der Waals surface area contributed by atoms with Crippen LogP contribution in [0.3, 0.4) is 0 Å². The number of esters is 1. The summed E-state index contributed by atoms with van der Waals surface area (Å²) in [6, 6.07) is 0.0416. The lowest BCUT2D eigenvalue weighted by Gasteiger charge is -2.08. The Morgan fingerprint density at radius 1 is 1.75 bits per heavy atom. The SMILES string of the molecule is COC(=O)C[C@H](N)C1CC12CC2. The summed E-state index contributed by atoms with van der Waals surface area (Å²) in [6.45, 7) is 0. The topological polar surface area (TPSA) is 52.3 Å². The van der Waals surface area contributed by atoms with Gasteiger partial charge in [0.25, 0.3) is 0 Å². The normalized spacial score (nSPS) is 31.3. The van der Waals surface area contributed by atoms with E-state index >= 15 is 0 Å². The number of hydrogen-bond acceptors (Lipinski definition) is 3. The number of methoxy groups -OCH3 is 1. The first-order chi connectivity index (χ1) is 5.68. The van der Waals surface area contributed by atoms with Gasteiger partial charge in [-0.2, -0.15) is 0 Å². The summed E-state index contributed by atoms with van der Waals surface area (Å²) in [5.41, 5.74) is 6.46. The van der Waals surface area contributed by atoms with Gasteiger partial charge in [-0.05, 0) is 30.6 Å². The van der Waals surface area contributed by atoms with Crippen molar-refractivity contribution in [1.29, 1.82) is 0 Å². The van der Waals surface area contributed by atoms with Crippen LogP contribution in [0.5, 0.6) is 0 Å². The summed E-state index contributed by atoms with van der Waals surface area (Å²) >= 11 is 0. The summed E-state index contributed by atoms with van der Waals surface area (Å²) in [6.07, 6.45) is 4.28. The molecular formula is C9H15NO2. The minimum Gasteiger partial charge on any atom is -0.469 e. The van der Waals surface area contributed by atoms with E-state index in [4.69, 9.17) is 5.73 Å². The Balaban J connectivity index is 1.78. The predicted molar refractivity (Wildman–Crippen MR) is 44.4 cm³/mol. The molecule has 2 saturated carbocycles. The van der Waals surface area contributed by atoms with Gasteiger partial charge < -0.3 is 10.5 Å². The van der Waals surface area contributed by atoms with Crippen LogP contribution < -0.4 is 5.73 Å². The van der Waals surface area contributed by atoms with E-state index in [1.165, 1.54) is 26.4 Å². The molecule has 0 saturated heterocycles. The van der Waals surface area contributed by atoms with Gasteiger partial charge in [-0.3, -0.25) is 4.79 Å². The van der Waals surface area contributed by atoms with E-state index in [0.29, 0.717) is 17.8 Å². The fourth-order valence-corrected chi connectivity index (χ4v) is 2.14. The van der Waals surface area contributed by atoms with E-state index < -0.39 is 0 Å². The summed E-state index contributed by atoms with van der Waals surface area (Å²) in [5.74, 6) is 0.432. The quantitative estimate of drug-likeness (QED) is 0.632. The minimum absolute atomic E-state index is 0.0416. The number of nitrogens with two attached hydrogens (primary N) is 1. The molecule has 0 aromatic carbocycles. The molecule has 2 aliphatic rings. The third-order valence-electron chi connectivity index (χ3n) is 3.29. The summed E-state index contributed by atoms with van der Waals surface area (Å²) < 4.78 is 4.57. The first-order valence-electron chi connectivity index (χ1n) is 4.50. The van der Waals surface area contributed by atoms with Crippen LogP contribution in [0.15, 0.2) is 0 Å². The van der Waals surface area contributed by atoms with Crippen LogP contribution in [0.25, 0.3) is 0 Å². The molecule has 2 fully saturated rings. The fourth-order valence-electron chi connectivity index (χ4n) is 2.14. The van der Waals surface area contributed by atoms with Gasteiger partial charge in [0.2, 0.25) is 0 Å². The van der Waals surface area contributed by atoms with Gasteiger partial charge in [0.05, 0.1) is 13.5 Å². The predicted octanol–water partition coefficient (Wildman–Crippen LogP) is 0.677. The monoisotopic (exact) mass is 169 g/mol. The molecular weight excluding hydrogens is 154 g/mol. The Labute approximate surface area is 72.3 Å². The average molecular weight is 169 g/mol. The fraction of sp³-hybridized carbons (Fsp3) is 0.889. The van der Waals surface area contributed by atoms with Gasteiger partial charge in [-0.1, -0.05) is 0 Å². The van der Waals surface area contributed by atoms with Crippen LogP contribution in [0.2, 0.25) is 0 Å². The van der Waals surface area contributed by atoms with Crippen molar-refractivity contribution in [3.63, 3.8) is 0 Å². The second-order valence-corrected chi connectivity index (χ2v) is 4.12. The molecule has 3 heteroatoms. The Hall–Kier alpha value is -0.570. The molecule has 0 aromatic heterocycles. The molecule has 2 aliphatic carbocycles. The summed E-state index contributed by atoms with van der Waals surface area (Å²) in [5, 5.41) is 0. The molecule has 2 atom stereocenters. The van der Waals surface area contributed by atoms with Gasteiger partial charge in [-0.15, -0.1) is 0 Å². The molecule has 68 valence electrons. The Morgan fingerprint density at radius 2 is 2.42 bits per heavy atom. The van der Waals surface area contributed by atoms with Crippen LogP contribution in [0.4, 0.5) is 0 Å². The third-order valence-corrected chi connectivity index (χ3v) is 3.29. The first kappa shape index (κ1) is 8.05. The van der Waals surface area contributed by atoms with Gasteiger partial charge in [0.15, 0.2) is 0 Å². The van der Waals surface area contributed by atoms with E-state index in [2.05, 4.69) is 4.74 Å². The second-order valence-electron chi connectivity index (χ2n) is 4.12. The zero-order valence-corrected chi connectivity index (χ0v) is 7.38. The number of ether oxygens (including phenoxy) is 1. The number of hydrogen-bond donors (Lipinski definition) is 1. The van der Waals surface area contributed by atoms with Crippen molar-refractivity contribution in [3.8, 4) is 0 Å². The highest BCUT2D eigenvalue weighted by atomic mass is 16.5. The molecule has 0 amide bonds. The molecule has 1 unspecified atom stereocenters. The molecule has 2 N–H and O–H groups in total. The van der Waals surface area contributed by atoms with Crippen molar-refractivity contribution >= 4 is 5.97 Å². The third kappa shape index (κ3) is 1.22. The maximum Gasteiger partial charge on any atom is 0.307 e. The largest absolute Gasteiger partial charge is 0.469 e. The molecule has 2 rings (SSSR count). The smallest absolute Gasteiger partial charge is 0.307 e. The second kappa shape index (κ2) is 2.46.